The third-order valence-electron chi connectivity index (χ3n) is 5.18. The van der Waals surface area contributed by atoms with Crippen molar-refractivity contribution in [3.05, 3.63) is 11.4 Å². The number of nitrogens with one attached hydrogen (secondary N) is 2. The van der Waals surface area contributed by atoms with E-state index in [0.29, 0.717) is 18.3 Å². The number of aromatic nitrogens is 3. The Morgan fingerprint density at radius 2 is 2.00 bits per heavy atom. The topological polar surface area (TPSA) is 75.1 Å². The number of carbonyl (C=O) groups is 1. The Bertz CT molecular complexity index is 531. The van der Waals surface area contributed by atoms with E-state index < -0.39 is 0 Å². The quantitative estimate of drug-likeness (QED) is 0.763. The van der Waals surface area contributed by atoms with Crippen molar-refractivity contribution in [2.75, 3.05) is 39.3 Å². The Morgan fingerprint density at radius 1 is 1.25 bits per heavy atom. The molecule has 24 heavy (non-hydrogen) atoms. The lowest BCUT2D eigenvalue weighted by molar-refractivity contribution is 0.0945. The first kappa shape index (κ1) is 17.4. The zero-order valence-electron chi connectivity index (χ0n) is 14.8. The Balaban J connectivity index is 1.45. The second-order valence-electron chi connectivity index (χ2n) is 6.96. The van der Waals surface area contributed by atoms with E-state index in [1.54, 1.807) is 0 Å². The summed E-state index contributed by atoms with van der Waals surface area (Å²) < 4.78 is 1.93. The van der Waals surface area contributed by atoms with Crippen LogP contribution in [0.3, 0.4) is 0 Å². The molecule has 2 aliphatic rings. The van der Waals surface area contributed by atoms with Crippen molar-refractivity contribution in [2.24, 2.45) is 0 Å². The van der Waals surface area contributed by atoms with Gasteiger partial charge in [0, 0.05) is 6.54 Å². The molecule has 2 aliphatic heterocycles. The van der Waals surface area contributed by atoms with Crippen molar-refractivity contribution in [1.82, 2.24) is 30.5 Å². The number of carbonyl (C=O) groups excluding carboxylic acids is 1. The molecule has 0 atom stereocenters. The van der Waals surface area contributed by atoms with Crippen LogP contribution in [0.15, 0.2) is 0 Å². The van der Waals surface area contributed by atoms with Crippen LogP contribution in [0.4, 0.5) is 0 Å². The van der Waals surface area contributed by atoms with Crippen LogP contribution in [0.25, 0.3) is 0 Å². The third-order valence-corrected chi connectivity index (χ3v) is 5.18. The van der Waals surface area contributed by atoms with Crippen molar-refractivity contribution >= 4 is 5.91 Å². The molecule has 3 heterocycles. The first-order valence-electron chi connectivity index (χ1n) is 9.39. The number of nitrogens with zero attached hydrogens (tertiary/aromatic N) is 4. The van der Waals surface area contributed by atoms with Gasteiger partial charge in [-0.1, -0.05) is 11.6 Å². The molecule has 7 heteroatoms. The lowest BCUT2D eigenvalue weighted by Gasteiger charge is -2.26. The molecular formula is C17H30N6O. The SMILES string of the molecule is Cc1c(C(=O)NCCCN2CCCCC2)nnn1C1CCNCC1. The summed E-state index contributed by atoms with van der Waals surface area (Å²) in [5.74, 6) is -0.0914. The highest BCUT2D eigenvalue weighted by Crippen LogP contribution is 2.20. The van der Waals surface area contributed by atoms with Crippen LogP contribution < -0.4 is 10.6 Å². The number of rotatable bonds is 6. The number of hydrogen-bond acceptors (Lipinski definition) is 5. The average Bonchev–Trinajstić information content (AvgIpc) is 3.02. The normalized spacial score (nSPS) is 20.2. The highest BCUT2D eigenvalue weighted by molar-refractivity contribution is 5.93. The van der Waals surface area contributed by atoms with Gasteiger partial charge in [0.2, 0.25) is 0 Å². The molecule has 0 radical (unpaired) electrons. The van der Waals surface area contributed by atoms with E-state index in [0.717, 1.165) is 44.6 Å². The second kappa shape index (κ2) is 8.58. The van der Waals surface area contributed by atoms with Gasteiger partial charge in [-0.05, 0) is 71.8 Å². The van der Waals surface area contributed by atoms with Gasteiger partial charge in [0.15, 0.2) is 5.69 Å². The molecule has 0 aromatic carbocycles. The minimum atomic E-state index is -0.0914. The summed E-state index contributed by atoms with van der Waals surface area (Å²) >= 11 is 0. The molecule has 1 aromatic rings. The standard InChI is InChI=1S/C17H30N6O/c1-14-16(20-21-23(14)15-6-9-18-10-7-15)17(24)19-8-5-13-22-11-3-2-4-12-22/h15,18H,2-13H2,1H3,(H,19,24). The van der Waals surface area contributed by atoms with Crippen LogP contribution >= 0.6 is 0 Å². The fourth-order valence-corrected chi connectivity index (χ4v) is 3.72. The van der Waals surface area contributed by atoms with Gasteiger partial charge in [0.25, 0.3) is 5.91 Å². The highest BCUT2D eigenvalue weighted by Gasteiger charge is 2.22. The summed E-state index contributed by atoms with van der Waals surface area (Å²) in [5, 5.41) is 14.7. The summed E-state index contributed by atoms with van der Waals surface area (Å²) in [5.41, 5.74) is 1.36. The molecule has 0 bridgehead atoms. The molecule has 2 saturated heterocycles. The van der Waals surface area contributed by atoms with E-state index >= 15 is 0 Å². The smallest absolute Gasteiger partial charge is 0.273 e. The molecule has 7 nitrogen and oxygen atoms in total. The zero-order chi connectivity index (χ0) is 16.8. The first-order chi connectivity index (χ1) is 11.8. The van der Waals surface area contributed by atoms with Crippen LogP contribution in [0.5, 0.6) is 0 Å². The minimum Gasteiger partial charge on any atom is -0.351 e. The molecule has 0 saturated carbocycles. The van der Waals surface area contributed by atoms with Gasteiger partial charge in [0.1, 0.15) is 0 Å². The van der Waals surface area contributed by atoms with E-state index in [4.69, 9.17) is 0 Å². The maximum atomic E-state index is 12.4. The van der Waals surface area contributed by atoms with Gasteiger partial charge in [-0.15, -0.1) is 5.10 Å². The van der Waals surface area contributed by atoms with Gasteiger partial charge >= 0.3 is 0 Å². The molecule has 1 aromatic heterocycles. The number of amides is 1. The third kappa shape index (κ3) is 4.33. The summed E-state index contributed by atoms with van der Waals surface area (Å²) in [4.78, 5) is 14.9. The number of hydrogen-bond donors (Lipinski definition) is 2. The Kier molecular flexibility index (Phi) is 6.20. The molecular weight excluding hydrogens is 304 g/mol. The second-order valence-corrected chi connectivity index (χ2v) is 6.96. The van der Waals surface area contributed by atoms with Crippen molar-refractivity contribution in [3.8, 4) is 0 Å². The van der Waals surface area contributed by atoms with Crippen molar-refractivity contribution < 1.29 is 4.79 Å². The zero-order valence-corrected chi connectivity index (χ0v) is 14.8. The van der Waals surface area contributed by atoms with Crippen molar-refractivity contribution in [3.63, 3.8) is 0 Å². The molecule has 2 fully saturated rings. The van der Waals surface area contributed by atoms with E-state index in [1.165, 1.54) is 32.4 Å². The van der Waals surface area contributed by atoms with Crippen LogP contribution in [-0.4, -0.2) is 65.1 Å². The predicted molar refractivity (Wildman–Crippen MR) is 93.1 cm³/mol. The van der Waals surface area contributed by atoms with Gasteiger partial charge in [0.05, 0.1) is 11.7 Å². The first-order valence-corrected chi connectivity index (χ1v) is 9.39. The molecule has 134 valence electrons. The Hall–Kier alpha value is -1.47. The predicted octanol–water partition coefficient (Wildman–Crippen LogP) is 1.12. The van der Waals surface area contributed by atoms with Gasteiger partial charge < -0.3 is 15.5 Å². The van der Waals surface area contributed by atoms with E-state index in [-0.39, 0.29) is 5.91 Å². The summed E-state index contributed by atoms with van der Waals surface area (Å²) in [6, 6.07) is 0.361. The van der Waals surface area contributed by atoms with Crippen LogP contribution in [0.2, 0.25) is 0 Å². The largest absolute Gasteiger partial charge is 0.351 e. The fourth-order valence-electron chi connectivity index (χ4n) is 3.72. The lowest BCUT2D eigenvalue weighted by Crippen LogP contribution is -2.33. The van der Waals surface area contributed by atoms with Crippen molar-refractivity contribution in [1.29, 1.82) is 0 Å². The number of likely N-dealkylation sites (tertiary alicyclic amines) is 1. The Morgan fingerprint density at radius 3 is 2.75 bits per heavy atom. The Labute approximate surface area is 144 Å². The molecule has 1 amide bonds. The average molecular weight is 334 g/mol. The fraction of sp³-hybridized carbons (Fsp3) is 0.824. The maximum absolute atomic E-state index is 12.4. The minimum absolute atomic E-state index is 0.0914. The van der Waals surface area contributed by atoms with Gasteiger partial charge in [-0.3, -0.25) is 4.79 Å². The molecule has 3 rings (SSSR count). The van der Waals surface area contributed by atoms with Crippen LogP contribution in [-0.2, 0) is 0 Å². The van der Waals surface area contributed by atoms with Crippen LogP contribution in [0.1, 0.15) is 60.7 Å². The summed E-state index contributed by atoms with van der Waals surface area (Å²) in [7, 11) is 0. The lowest BCUT2D eigenvalue weighted by atomic mass is 10.1. The summed E-state index contributed by atoms with van der Waals surface area (Å²) in [6.07, 6.45) is 7.06. The van der Waals surface area contributed by atoms with E-state index in [2.05, 4.69) is 25.8 Å². The van der Waals surface area contributed by atoms with E-state index in [9.17, 15) is 4.79 Å². The number of piperidine rings is 2. The van der Waals surface area contributed by atoms with E-state index in [1.807, 2.05) is 11.6 Å². The maximum Gasteiger partial charge on any atom is 0.273 e. The van der Waals surface area contributed by atoms with Gasteiger partial charge in [-0.2, -0.15) is 0 Å². The summed E-state index contributed by atoms with van der Waals surface area (Å²) in [6.45, 7) is 8.14. The van der Waals surface area contributed by atoms with Crippen molar-refractivity contribution in [2.45, 2.75) is 51.5 Å². The molecule has 2 N–H and O–H groups in total. The molecule has 0 aliphatic carbocycles. The highest BCUT2D eigenvalue weighted by atomic mass is 16.2. The van der Waals surface area contributed by atoms with Gasteiger partial charge in [-0.25, -0.2) is 4.68 Å². The molecule has 0 spiro atoms. The monoisotopic (exact) mass is 334 g/mol. The molecule has 0 unspecified atom stereocenters. The van der Waals surface area contributed by atoms with Crippen LogP contribution in [0, 0.1) is 6.92 Å².